The molecule has 20 heavy (non-hydrogen) atoms. The van der Waals surface area contributed by atoms with Gasteiger partial charge in [-0.1, -0.05) is 0 Å². The summed E-state index contributed by atoms with van der Waals surface area (Å²) in [5, 5.41) is 12.0. The number of amides is 2. The maximum absolute atomic E-state index is 12.2. The maximum Gasteiger partial charge on any atom is 0.329 e. The van der Waals surface area contributed by atoms with E-state index in [1.165, 1.54) is 0 Å². The Bertz CT molecular complexity index is 377. The minimum Gasteiger partial charge on any atom is -0.480 e. The molecule has 1 heterocycles. The number of carboxylic acids is 1. The lowest BCUT2D eigenvalue weighted by molar-refractivity contribution is -0.144. The van der Waals surface area contributed by atoms with Crippen molar-refractivity contribution in [3.8, 4) is 0 Å². The SMILES string of the molecule is CN(CC1CCCOC1)C(=O)NC(C)(C(=O)O)C1CC1. The summed E-state index contributed by atoms with van der Waals surface area (Å²) in [4.78, 5) is 25.1. The van der Waals surface area contributed by atoms with Crippen LogP contribution in [0.15, 0.2) is 0 Å². The van der Waals surface area contributed by atoms with Crippen LogP contribution in [0.2, 0.25) is 0 Å². The van der Waals surface area contributed by atoms with Gasteiger partial charge in [0.05, 0.1) is 6.61 Å². The Morgan fingerprint density at radius 2 is 2.10 bits per heavy atom. The van der Waals surface area contributed by atoms with E-state index in [4.69, 9.17) is 4.74 Å². The highest BCUT2D eigenvalue weighted by Gasteiger charge is 2.49. The van der Waals surface area contributed by atoms with Crippen LogP contribution in [0.3, 0.4) is 0 Å². The summed E-state index contributed by atoms with van der Waals surface area (Å²) in [7, 11) is 1.71. The molecular weight excluding hydrogens is 260 g/mol. The molecule has 0 aromatic heterocycles. The van der Waals surface area contributed by atoms with E-state index < -0.39 is 11.5 Å². The van der Waals surface area contributed by atoms with Gasteiger partial charge in [-0.05, 0) is 38.5 Å². The second-order valence-corrected chi connectivity index (χ2v) is 6.18. The van der Waals surface area contributed by atoms with Gasteiger partial charge in [-0.3, -0.25) is 0 Å². The molecule has 0 bridgehead atoms. The van der Waals surface area contributed by atoms with E-state index in [2.05, 4.69) is 5.32 Å². The van der Waals surface area contributed by atoms with Gasteiger partial charge in [0, 0.05) is 26.1 Å². The van der Waals surface area contributed by atoms with Crippen molar-refractivity contribution in [3.05, 3.63) is 0 Å². The van der Waals surface area contributed by atoms with Crippen LogP contribution in [0, 0.1) is 11.8 Å². The Morgan fingerprint density at radius 3 is 2.60 bits per heavy atom. The summed E-state index contributed by atoms with van der Waals surface area (Å²) in [5.41, 5.74) is -1.14. The predicted octanol–water partition coefficient (Wildman–Crippen LogP) is 1.31. The Kier molecular flexibility index (Phi) is 4.52. The van der Waals surface area contributed by atoms with Gasteiger partial charge in [-0.15, -0.1) is 0 Å². The molecule has 2 amide bonds. The van der Waals surface area contributed by atoms with Crippen LogP contribution < -0.4 is 5.32 Å². The third-order valence-electron chi connectivity index (χ3n) is 4.34. The first-order valence-corrected chi connectivity index (χ1v) is 7.28. The van der Waals surface area contributed by atoms with Gasteiger partial charge >= 0.3 is 12.0 Å². The van der Waals surface area contributed by atoms with E-state index in [0.29, 0.717) is 19.1 Å². The second kappa shape index (κ2) is 5.99. The normalized spacial score (nSPS) is 25.6. The highest BCUT2D eigenvalue weighted by atomic mass is 16.5. The molecule has 2 fully saturated rings. The molecule has 1 saturated carbocycles. The lowest BCUT2D eigenvalue weighted by Gasteiger charge is -2.31. The van der Waals surface area contributed by atoms with Crippen molar-refractivity contribution in [1.29, 1.82) is 0 Å². The highest BCUT2D eigenvalue weighted by Crippen LogP contribution is 2.39. The number of nitrogens with one attached hydrogen (secondary N) is 1. The zero-order chi connectivity index (χ0) is 14.8. The van der Waals surface area contributed by atoms with E-state index >= 15 is 0 Å². The number of carbonyl (C=O) groups is 2. The minimum atomic E-state index is -1.14. The number of carbonyl (C=O) groups excluding carboxylic acids is 1. The van der Waals surface area contributed by atoms with E-state index in [1.54, 1.807) is 18.9 Å². The van der Waals surface area contributed by atoms with Crippen molar-refractivity contribution in [2.75, 3.05) is 26.8 Å². The Labute approximate surface area is 119 Å². The van der Waals surface area contributed by atoms with Crippen molar-refractivity contribution >= 4 is 12.0 Å². The molecule has 2 unspecified atom stereocenters. The average Bonchev–Trinajstić information content (AvgIpc) is 3.24. The van der Waals surface area contributed by atoms with Crippen LogP contribution in [0.5, 0.6) is 0 Å². The number of hydrogen-bond donors (Lipinski definition) is 2. The van der Waals surface area contributed by atoms with Gasteiger partial charge in [0.15, 0.2) is 0 Å². The molecule has 2 N–H and O–H groups in total. The number of rotatable bonds is 5. The molecule has 6 nitrogen and oxygen atoms in total. The van der Waals surface area contributed by atoms with Gasteiger partial charge < -0.3 is 20.1 Å². The third kappa shape index (κ3) is 3.42. The van der Waals surface area contributed by atoms with Crippen molar-refractivity contribution in [1.82, 2.24) is 10.2 Å². The Hall–Kier alpha value is -1.30. The van der Waals surface area contributed by atoms with Crippen molar-refractivity contribution < 1.29 is 19.4 Å². The fourth-order valence-electron chi connectivity index (χ4n) is 2.73. The third-order valence-corrected chi connectivity index (χ3v) is 4.34. The fraction of sp³-hybridized carbons (Fsp3) is 0.857. The van der Waals surface area contributed by atoms with E-state index in [0.717, 1.165) is 32.3 Å². The number of ether oxygens (including phenoxy) is 1. The average molecular weight is 284 g/mol. The summed E-state index contributed by atoms with van der Waals surface area (Å²) >= 11 is 0. The van der Waals surface area contributed by atoms with Crippen LogP contribution in [-0.4, -0.2) is 54.4 Å². The number of hydrogen-bond acceptors (Lipinski definition) is 3. The number of nitrogens with zero attached hydrogens (tertiary/aromatic N) is 1. The fourth-order valence-corrected chi connectivity index (χ4v) is 2.73. The molecule has 0 aromatic rings. The molecule has 6 heteroatoms. The highest BCUT2D eigenvalue weighted by molar-refractivity contribution is 5.86. The molecule has 0 aromatic carbocycles. The predicted molar refractivity (Wildman–Crippen MR) is 73.5 cm³/mol. The summed E-state index contributed by atoms with van der Waals surface area (Å²) in [6.45, 7) is 3.68. The molecule has 2 aliphatic rings. The summed E-state index contributed by atoms with van der Waals surface area (Å²) in [6, 6.07) is -0.313. The van der Waals surface area contributed by atoms with Crippen LogP contribution >= 0.6 is 0 Å². The van der Waals surface area contributed by atoms with E-state index in [9.17, 15) is 14.7 Å². The topological polar surface area (TPSA) is 78.9 Å². The standard InChI is InChI=1S/C14H24N2O4/c1-14(12(17)18,11-5-6-11)15-13(19)16(2)8-10-4-3-7-20-9-10/h10-11H,3-9H2,1-2H3,(H,15,19)(H,17,18). The van der Waals surface area contributed by atoms with E-state index in [1.807, 2.05) is 0 Å². The first kappa shape index (κ1) is 15.1. The Balaban J connectivity index is 1.87. The van der Waals surface area contributed by atoms with Crippen molar-refractivity contribution in [3.63, 3.8) is 0 Å². The lowest BCUT2D eigenvalue weighted by Crippen LogP contribution is -2.57. The van der Waals surface area contributed by atoms with Gasteiger partial charge in [0.2, 0.25) is 0 Å². The number of carboxylic acid groups (broad SMARTS) is 1. The first-order chi connectivity index (χ1) is 9.43. The van der Waals surface area contributed by atoms with E-state index in [-0.39, 0.29) is 11.9 Å². The summed E-state index contributed by atoms with van der Waals surface area (Å²) in [5.74, 6) is -0.561. The molecular formula is C14H24N2O4. The second-order valence-electron chi connectivity index (χ2n) is 6.18. The molecule has 1 aliphatic heterocycles. The number of aliphatic carboxylic acids is 1. The van der Waals surface area contributed by atoms with Crippen LogP contribution in [-0.2, 0) is 9.53 Å². The largest absolute Gasteiger partial charge is 0.480 e. The van der Waals surface area contributed by atoms with Gasteiger partial charge in [0.1, 0.15) is 5.54 Å². The van der Waals surface area contributed by atoms with Crippen LogP contribution in [0.25, 0.3) is 0 Å². The van der Waals surface area contributed by atoms with Gasteiger partial charge in [-0.2, -0.15) is 0 Å². The monoisotopic (exact) mass is 284 g/mol. The van der Waals surface area contributed by atoms with Crippen LogP contribution in [0.1, 0.15) is 32.6 Å². The van der Waals surface area contributed by atoms with Crippen molar-refractivity contribution in [2.24, 2.45) is 11.8 Å². The summed E-state index contributed by atoms with van der Waals surface area (Å²) in [6.07, 6.45) is 3.80. The van der Waals surface area contributed by atoms with Gasteiger partial charge in [0.25, 0.3) is 0 Å². The smallest absolute Gasteiger partial charge is 0.329 e. The number of urea groups is 1. The first-order valence-electron chi connectivity index (χ1n) is 7.28. The lowest BCUT2D eigenvalue weighted by atomic mass is 9.96. The van der Waals surface area contributed by atoms with Gasteiger partial charge in [-0.25, -0.2) is 9.59 Å². The molecule has 0 spiro atoms. The quantitative estimate of drug-likeness (QED) is 0.798. The molecule has 114 valence electrons. The molecule has 2 atom stereocenters. The molecule has 2 rings (SSSR count). The summed E-state index contributed by atoms with van der Waals surface area (Å²) < 4.78 is 5.40. The zero-order valence-corrected chi connectivity index (χ0v) is 12.2. The minimum absolute atomic E-state index is 0.0513. The van der Waals surface area contributed by atoms with Crippen LogP contribution in [0.4, 0.5) is 4.79 Å². The maximum atomic E-state index is 12.2. The zero-order valence-electron chi connectivity index (χ0n) is 12.2. The molecule has 0 radical (unpaired) electrons. The Morgan fingerprint density at radius 1 is 1.40 bits per heavy atom. The molecule has 1 saturated heterocycles. The molecule has 1 aliphatic carbocycles. The van der Waals surface area contributed by atoms with Crippen molar-refractivity contribution in [2.45, 2.75) is 38.1 Å².